The molecule has 1 aliphatic heterocycles. The summed E-state index contributed by atoms with van der Waals surface area (Å²) in [4.78, 5) is 22.5. The van der Waals surface area contributed by atoms with E-state index in [9.17, 15) is 4.79 Å². The molecule has 0 radical (unpaired) electrons. The minimum atomic E-state index is -0.0852. The van der Waals surface area contributed by atoms with Crippen LogP contribution in [0.5, 0.6) is 5.75 Å². The lowest BCUT2D eigenvalue weighted by atomic mass is 10.0. The van der Waals surface area contributed by atoms with Crippen LogP contribution in [-0.2, 0) is 6.54 Å². The van der Waals surface area contributed by atoms with Crippen molar-refractivity contribution in [2.45, 2.75) is 25.4 Å². The Morgan fingerprint density at radius 2 is 2.06 bits per heavy atom. The number of hydrogen-bond donors (Lipinski definition) is 0. The topological polar surface area (TPSA) is 76.6 Å². The monoisotopic (exact) mass is 465 g/mol. The van der Waals surface area contributed by atoms with Gasteiger partial charge in [0.05, 0.1) is 29.2 Å². The van der Waals surface area contributed by atoms with E-state index in [2.05, 4.69) is 27.0 Å². The third kappa shape index (κ3) is 4.51. The molecule has 0 bridgehead atoms. The summed E-state index contributed by atoms with van der Waals surface area (Å²) in [6.07, 6.45) is 3.48. The first kappa shape index (κ1) is 21.7. The summed E-state index contributed by atoms with van der Waals surface area (Å²) in [5.74, 6) is 2.42. The Balaban J connectivity index is 1.20. The van der Waals surface area contributed by atoms with Crippen LogP contribution in [0, 0.1) is 0 Å². The number of thiophene rings is 1. The molecular formula is C24H27N5O3S. The molecule has 1 fully saturated rings. The van der Waals surface area contributed by atoms with Crippen molar-refractivity contribution in [1.82, 2.24) is 19.6 Å². The smallest absolute Gasteiger partial charge is 0.269 e. The van der Waals surface area contributed by atoms with Crippen molar-refractivity contribution in [3.8, 4) is 16.4 Å². The van der Waals surface area contributed by atoms with Gasteiger partial charge >= 0.3 is 0 Å². The first-order valence-electron chi connectivity index (χ1n) is 11.1. The van der Waals surface area contributed by atoms with Gasteiger partial charge in [0.25, 0.3) is 5.56 Å². The molecule has 4 aromatic rings. The molecule has 1 saturated heterocycles. The van der Waals surface area contributed by atoms with E-state index in [1.54, 1.807) is 23.0 Å². The number of rotatable bonds is 7. The fraction of sp³-hybridized carbons (Fsp3) is 0.375. The molecule has 0 aliphatic carbocycles. The molecular weight excluding hydrogens is 438 g/mol. The Morgan fingerprint density at radius 1 is 1.21 bits per heavy atom. The number of aromatic nitrogens is 3. The second-order valence-electron chi connectivity index (χ2n) is 8.31. The predicted octanol–water partition coefficient (Wildman–Crippen LogP) is 3.72. The van der Waals surface area contributed by atoms with Gasteiger partial charge in [0.15, 0.2) is 11.6 Å². The number of ether oxygens (including phenoxy) is 1. The summed E-state index contributed by atoms with van der Waals surface area (Å²) in [6.45, 7) is 3.40. The summed E-state index contributed by atoms with van der Waals surface area (Å²) >= 11 is 1.65. The minimum absolute atomic E-state index is 0.0852. The van der Waals surface area contributed by atoms with Gasteiger partial charge in [-0.3, -0.25) is 4.79 Å². The van der Waals surface area contributed by atoms with Gasteiger partial charge in [0.1, 0.15) is 5.75 Å². The molecule has 0 unspecified atom stereocenters. The van der Waals surface area contributed by atoms with Crippen LogP contribution in [0.15, 0.2) is 57.3 Å². The van der Waals surface area contributed by atoms with Crippen molar-refractivity contribution in [2.24, 2.45) is 0 Å². The van der Waals surface area contributed by atoms with E-state index in [0.717, 1.165) is 65.7 Å². The average Bonchev–Trinajstić information content (AvgIpc) is 3.55. The van der Waals surface area contributed by atoms with Crippen molar-refractivity contribution < 1.29 is 9.26 Å². The summed E-state index contributed by atoms with van der Waals surface area (Å²) < 4.78 is 12.7. The van der Waals surface area contributed by atoms with Gasteiger partial charge in [-0.2, -0.15) is 0 Å². The quantitative estimate of drug-likeness (QED) is 0.412. The van der Waals surface area contributed by atoms with Crippen LogP contribution < -0.4 is 15.2 Å². The van der Waals surface area contributed by atoms with Crippen LogP contribution in [0.3, 0.4) is 0 Å². The summed E-state index contributed by atoms with van der Waals surface area (Å²) in [6, 6.07) is 12.1. The van der Waals surface area contributed by atoms with Crippen molar-refractivity contribution in [3.63, 3.8) is 0 Å². The lowest BCUT2D eigenvalue weighted by Gasteiger charge is -2.36. The van der Waals surface area contributed by atoms with Gasteiger partial charge in [0.2, 0.25) is 0 Å². The van der Waals surface area contributed by atoms with Crippen molar-refractivity contribution in [1.29, 1.82) is 0 Å². The molecule has 5 rings (SSSR count). The Labute approximate surface area is 196 Å². The van der Waals surface area contributed by atoms with Gasteiger partial charge in [-0.1, -0.05) is 11.2 Å². The van der Waals surface area contributed by atoms with Crippen molar-refractivity contribution in [3.05, 3.63) is 58.3 Å². The van der Waals surface area contributed by atoms with E-state index < -0.39 is 0 Å². The van der Waals surface area contributed by atoms with Gasteiger partial charge < -0.3 is 23.6 Å². The Kier molecular flexibility index (Phi) is 6.15. The van der Waals surface area contributed by atoms with E-state index in [-0.39, 0.29) is 5.56 Å². The summed E-state index contributed by atoms with van der Waals surface area (Å²) in [7, 11) is 3.72. The minimum Gasteiger partial charge on any atom is -0.497 e. The van der Waals surface area contributed by atoms with E-state index in [0.29, 0.717) is 12.6 Å². The molecule has 0 saturated carbocycles. The Hall–Kier alpha value is -3.17. The fourth-order valence-electron chi connectivity index (χ4n) is 4.43. The lowest BCUT2D eigenvalue weighted by Crippen LogP contribution is -2.44. The average molecular weight is 466 g/mol. The maximum absolute atomic E-state index is 12.5. The largest absolute Gasteiger partial charge is 0.497 e. The standard InChI is InChI=1S/C24H27N5O3S/c1-27(23-15-21(32-26-23)22-4-3-13-33-22)17-7-9-28(10-8-17)11-12-29-20-14-18(31-2)5-6-19(20)25-16-24(29)30/h3-6,13-17H,7-12H2,1-2H3. The van der Waals surface area contributed by atoms with Crippen LogP contribution in [0.2, 0.25) is 0 Å². The number of methoxy groups -OCH3 is 1. The maximum Gasteiger partial charge on any atom is 0.269 e. The molecule has 0 atom stereocenters. The van der Waals surface area contributed by atoms with Crippen molar-refractivity contribution in [2.75, 3.05) is 38.7 Å². The number of fused-ring (bicyclic) bond motifs is 1. The number of benzene rings is 1. The lowest BCUT2D eigenvalue weighted by molar-refractivity contribution is 0.203. The number of piperidine rings is 1. The molecule has 0 amide bonds. The highest BCUT2D eigenvalue weighted by Gasteiger charge is 2.24. The van der Waals surface area contributed by atoms with Crippen LogP contribution in [0.1, 0.15) is 12.8 Å². The highest BCUT2D eigenvalue weighted by Crippen LogP contribution is 2.29. The molecule has 0 spiro atoms. The number of anilines is 1. The Bertz CT molecular complexity index is 1270. The Morgan fingerprint density at radius 3 is 2.82 bits per heavy atom. The molecule has 3 aromatic heterocycles. The first-order chi connectivity index (χ1) is 16.1. The third-order valence-electron chi connectivity index (χ3n) is 6.42. The second-order valence-corrected chi connectivity index (χ2v) is 9.26. The fourth-order valence-corrected chi connectivity index (χ4v) is 5.10. The molecule has 9 heteroatoms. The zero-order valence-electron chi connectivity index (χ0n) is 18.8. The SMILES string of the molecule is COc1ccc2ncc(=O)n(CCN3CCC(N(C)c4cc(-c5cccs5)on4)CC3)c2c1. The predicted molar refractivity (Wildman–Crippen MR) is 130 cm³/mol. The van der Waals surface area contributed by atoms with Gasteiger partial charge in [0, 0.05) is 51.4 Å². The van der Waals surface area contributed by atoms with Gasteiger partial charge in [-0.25, -0.2) is 4.98 Å². The molecule has 0 N–H and O–H groups in total. The maximum atomic E-state index is 12.5. The van der Waals surface area contributed by atoms with Crippen LogP contribution in [0.25, 0.3) is 21.7 Å². The van der Waals surface area contributed by atoms with Crippen molar-refractivity contribution >= 4 is 28.2 Å². The molecule has 33 heavy (non-hydrogen) atoms. The molecule has 172 valence electrons. The highest BCUT2D eigenvalue weighted by atomic mass is 32.1. The van der Waals surface area contributed by atoms with Crippen LogP contribution in [-0.4, -0.2) is 59.4 Å². The second kappa shape index (κ2) is 9.36. The van der Waals surface area contributed by atoms with Gasteiger partial charge in [-0.05, 0) is 36.4 Å². The van der Waals surface area contributed by atoms with E-state index in [1.807, 2.05) is 41.8 Å². The number of nitrogens with zero attached hydrogens (tertiary/aromatic N) is 5. The molecule has 1 aromatic carbocycles. The summed E-state index contributed by atoms with van der Waals surface area (Å²) in [5.41, 5.74) is 1.52. The van der Waals surface area contributed by atoms with Crippen LogP contribution >= 0.6 is 11.3 Å². The zero-order valence-corrected chi connectivity index (χ0v) is 19.6. The highest BCUT2D eigenvalue weighted by molar-refractivity contribution is 7.13. The normalized spacial score (nSPS) is 15.2. The third-order valence-corrected chi connectivity index (χ3v) is 7.31. The van der Waals surface area contributed by atoms with E-state index in [4.69, 9.17) is 9.26 Å². The van der Waals surface area contributed by atoms with Gasteiger partial charge in [-0.15, -0.1) is 11.3 Å². The number of likely N-dealkylation sites (tertiary alicyclic amines) is 1. The first-order valence-corrected chi connectivity index (χ1v) is 12.0. The number of hydrogen-bond acceptors (Lipinski definition) is 8. The summed E-state index contributed by atoms with van der Waals surface area (Å²) in [5, 5.41) is 6.32. The molecule has 4 heterocycles. The molecule has 8 nitrogen and oxygen atoms in total. The van der Waals surface area contributed by atoms with E-state index >= 15 is 0 Å². The molecule has 1 aliphatic rings. The van der Waals surface area contributed by atoms with E-state index in [1.165, 1.54) is 6.20 Å². The zero-order chi connectivity index (χ0) is 22.8. The van der Waals surface area contributed by atoms with Crippen LogP contribution in [0.4, 0.5) is 5.82 Å².